The van der Waals surface area contributed by atoms with E-state index in [1.54, 1.807) is 6.92 Å². The summed E-state index contributed by atoms with van der Waals surface area (Å²) in [6.45, 7) is 2.11. The van der Waals surface area contributed by atoms with Gasteiger partial charge in [-0.1, -0.05) is 18.5 Å². The topological polar surface area (TPSA) is 84.3 Å². The van der Waals surface area contributed by atoms with E-state index in [-0.39, 0.29) is 6.01 Å². The number of methoxy groups -OCH3 is 1. The minimum Gasteiger partial charge on any atom is -0.481 e. The molecule has 0 radical (unpaired) electrons. The standard InChI is InChI=1S/C10H14ClN3O3/c1-6(9(15)16)3-4-12-8-7(11)5-13-10(14-8)17-2/h5-6H,3-4H2,1-2H3,(H,15,16)(H,12,13,14). The van der Waals surface area contributed by atoms with E-state index in [1.165, 1.54) is 13.3 Å². The monoisotopic (exact) mass is 259 g/mol. The fraction of sp³-hybridized carbons (Fsp3) is 0.500. The Morgan fingerprint density at radius 3 is 3.00 bits per heavy atom. The molecule has 0 saturated carbocycles. The van der Waals surface area contributed by atoms with Gasteiger partial charge in [-0.25, -0.2) is 4.98 Å². The van der Waals surface area contributed by atoms with E-state index in [1.807, 2.05) is 0 Å². The Labute approximate surface area is 104 Å². The maximum atomic E-state index is 10.6. The predicted octanol–water partition coefficient (Wildman–Crippen LogP) is 1.66. The molecule has 0 spiro atoms. The Hall–Kier alpha value is -1.56. The van der Waals surface area contributed by atoms with Crippen LogP contribution >= 0.6 is 11.6 Å². The van der Waals surface area contributed by atoms with Crippen LogP contribution in [0.4, 0.5) is 5.82 Å². The number of aliphatic carboxylic acids is 1. The van der Waals surface area contributed by atoms with E-state index in [0.717, 1.165) is 0 Å². The maximum Gasteiger partial charge on any atom is 0.318 e. The lowest BCUT2D eigenvalue weighted by molar-refractivity contribution is -0.141. The van der Waals surface area contributed by atoms with Crippen molar-refractivity contribution in [3.8, 4) is 6.01 Å². The van der Waals surface area contributed by atoms with Crippen LogP contribution in [-0.4, -0.2) is 34.7 Å². The molecule has 0 aromatic carbocycles. The lowest BCUT2D eigenvalue weighted by Crippen LogP contribution is -2.15. The predicted molar refractivity (Wildman–Crippen MR) is 63.5 cm³/mol. The number of carbonyl (C=O) groups is 1. The average Bonchev–Trinajstić information content (AvgIpc) is 2.31. The van der Waals surface area contributed by atoms with Crippen molar-refractivity contribution in [2.45, 2.75) is 13.3 Å². The van der Waals surface area contributed by atoms with Gasteiger partial charge in [0, 0.05) is 6.54 Å². The molecule has 0 fully saturated rings. The zero-order valence-electron chi connectivity index (χ0n) is 9.61. The number of carboxylic acids is 1. The van der Waals surface area contributed by atoms with Gasteiger partial charge < -0.3 is 15.2 Å². The van der Waals surface area contributed by atoms with Crippen molar-refractivity contribution in [3.63, 3.8) is 0 Å². The van der Waals surface area contributed by atoms with Gasteiger partial charge in [0.05, 0.1) is 19.2 Å². The molecule has 0 amide bonds. The lowest BCUT2D eigenvalue weighted by atomic mass is 10.1. The van der Waals surface area contributed by atoms with Crippen molar-refractivity contribution in [3.05, 3.63) is 11.2 Å². The molecule has 1 aromatic heterocycles. The molecule has 1 heterocycles. The van der Waals surface area contributed by atoms with Gasteiger partial charge in [0.1, 0.15) is 5.02 Å². The van der Waals surface area contributed by atoms with Crippen molar-refractivity contribution in [1.82, 2.24) is 9.97 Å². The number of hydrogen-bond acceptors (Lipinski definition) is 5. The first-order chi connectivity index (χ1) is 8.04. The van der Waals surface area contributed by atoms with Gasteiger partial charge in [0.25, 0.3) is 0 Å². The fourth-order valence-electron chi connectivity index (χ4n) is 1.10. The average molecular weight is 260 g/mol. The molecule has 6 nitrogen and oxygen atoms in total. The molecule has 2 N–H and O–H groups in total. The van der Waals surface area contributed by atoms with Gasteiger partial charge >= 0.3 is 12.0 Å². The van der Waals surface area contributed by atoms with Crippen LogP contribution in [0.1, 0.15) is 13.3 Å². The molecule has 1 rings (SSSR count). The summed E-state index contributed by atoms with van der Waals surface area (Å²) in [5, 5.41) is 12.0. The second kappa shape index (κ2) is 6.24. The Morgan fingerprint density at radius 2 is 2.41 bits per heavy atom. The first-order valence-corrected chi connectivity index (χ1v) is 5.45. The second-order valence-corrected chi connectivity index (χ2v) is 3.92. The van der Waals surface area contributed by atoms with Crippen molar-refractivity contribution < 1.29 is 14.6 Å². The molecule has 94 valence electrons. The summed E-state index contributed by atoms with van der Waals surface area (Å²) in [5.74, 6) is -0.792. The number of carboxylic acid groups (broad SMARTS) is 1. The van der Waals surface area contributed by atoms with Crippen LogP contribution in [-0.2, 0) is 4.79 Å². The number of ether oxygens (including phenoxy) is 1. The molecular formula is C10H14ClN3O3. The molecule has 0 aliphatic rings. The van der Waals surface area contributed by atoms with Crippen LogP contribution in [0.25, 0.3) is 0 Å². The first-order valence-electron chi connectivity index (χ1n) is 5.07. The molecule has 0 bridgehead atoms. The van der Waals surface area contributed by atoms with E-state index in [2.05, 4.69) is 15.3 Å². The van der Waals surface area contributed by atoms with Crippen LogP contribution < -0.4 is 10.1 Å². The molecule has 0 aliphatic carbocycles. The largest absolute Gasteiger partial charge is 0.481 e. The zero-order chi connectivity index (χ0) is 12.8. The van der Waals surface area contributed by atoms with Gasteiger partial charge in [-0.15, -0.1) is 0 Å². The van der Waals surface area contributed by atoms with Gasteiger partial charge in [0.2, 0.25) is 0 Å². The van der Waals surface area contributed by atoms with Crippen molar-refractivity contribution in [2.75, 3.05) is 19.0 Å². The number of halogens is 1. The SMILES string of the molecule is COc1ncc(Cl)c(NCCC(C)C(=O)O)n1. The van der Waals surface area contributed by atoms with Crippen molar-refractivity contribution >= 4 is 23.4 Å². The normalized spacial score (nSPS) is 11.9. The second-order valence-electron chi connectivity index (χ2n) is 3.51. The smallest absolute Gasteiger partial charge is 0.318 e. The summed E-state index contributed by atoms with van der Waals surface area (Å²) in [7, 11) is 1.46. The Morgan fingerprint density at radius 1 is 1.71 bits per heavy atom. The third kappa shape index (κ3) is 4.07. The van der Waals surface area contributed by atoms with Crippen LogP contribution in [0.5, 0.6) is 6.01 Å². The summed E-state index contributed by atoms with van der Waals surface area (Å²) < 4.78 is 4.86. The maximum absolute atomic E-state index is 10.6. The molecule has 0 saturated heterocycles. The Balaban J connectivity index is 2.54. The molecular weight excluding hydrogens is 246 g/mol. The van der Waals surface area contributed by atoms with E-state index >= 15 is 0 Å². The van der Waals surface area contributed by atoms with Crippen LogP contribution in [0.15, 0.2) is 6.20 Å². The van der Waals surface area contributed by atoms with Crippen molar-refractivity contribution in [2.24, 2.45) is 5.92 Å². The minimum atomic E-state index is -0.821. The molecule has 1 atom stereocenters. The van der Waals surface area contributed by atoms with Crippen LogP contribution in [0, 0.1) is 5.92 Å². The number of aromatic nitrogens is 2. The Bertz CT molecular complexity index is 400. The van der Waals surface area contributed by atoms with Gasteiger partial charge in [-0.3, -0.25) is 4.79 Å². The van der Waals surface area contributed by atoms with Crippen LogP contribution in [0.3, 0.4) is 0 Å². The van der Waals surface area contributed by atoms with E-state index in [9.17, 15) is 4.79 Å². The highest BCUT2D eigenvalue weighted by Crippen LogP contribution is 2.20. The zero-order valence-corrected chi connectivity index (χ0v) is 10.4. The van der Waals surface area contributed by atoms with Crippen LogP contribution in [0.2, 0.25) is 5.02 Å². The minimum absolute atomic E-state index is 0.211. The van der Waals surface area contributed by atoms with Gasteiger partial charge in [-0.2, -0.15) is 4.98 Å². The molecule has 1 unspecified atom stereocenters. The summed E-state index contributed by atoms with van der Waals surface area (Å²) in [4.78, 5) is 18.4. The Kier molecular flexibility index (Phi) is 4.96. The molecule has 0 aliphatic heterocycles. The summed E-state index contributed by atoms with van der Waals surface area (Å²) in [5.41, 5.74) is 0. The number of nitrogens with zero attached hydrogens (tertiary/aromatic N) is 2. The highest BCUT2D eigenvalue weighted by atomic mass is 35.5. The van der Waals surface area contributed by atoms with E-state index in [0.29, 0.717) is 23.8 Å². The van der Waals surface area contributed by atoms with Gasteiger partial charge in [-0.05, 0) is 6.42 Å². The highest BCUT2D eigenvalue weighted by molar-refractivity contribution is 6.32. The van der Waals surface area contributed by atoms with E-state index in [4.69, 9.17) is 21.4 Å². The van der Waals surface area contributed by atoms with Gasteiger partial charge in [0.15, 0.2) is 5.82 Å². The van der Waals surface area contributed by atoms with E-state index < -0.39 is 11.9 Å². The number of nitrogens with one attached hydrogen (secondary N) is 1. The number of hydrogen-bond donors (Lipinski definition) is 2. The highest BCUT2D eigenvalue weighted by Gasteiger charge is 2.11. The molecule has 7 heteroatoms. The number of rotatable bonds is 6. The summed E-state index contributed by atoms with van der Waals surface area (Å²) in [6, 6.07) is 0.211. The van der Waals surface area contributed by atoms with Crippen molar-refractivity contribution in [1.29, 1.82) is 0 Å². The molecule has 1 aromatic rings. The third-order valence-electron chi connectivity index (χ3n) is 2.20. The summed E-state index contributed by atoms with van der Waals surface area (Å²) >= 11 is 5.87. The number of anilines is 1. The molecule has 17 heavy (non-hydrogen) atoms. The third-order valence-corrected chi connectivity index (χ3v) is 2.47. The first kappa shape index (κ1) is 13.5. The fourth-order valence-corrected chi connectivity index (χ4v) is 1.26. The summed E-state index contributed by atoms with van der Waals surface area (Å²) in [6.07, 6.45) is 1.91. The quantitative estimate of drug-likeness (QED) is 0.808. The lowest BCUT2D eigenvalue weighted by Gasteiger charge is -2.09.